The molecule has 4 rings (SSSR count). The average Bonchev–Trinajstić information content (AvgIpc) is 3.04. The third-order valence-electron chi connectivity index (χ3n) is 5.89. The second kappa shape index (κ2) is 8.88. The van der Waals surface area contributed by atoms with Gasteiger partial charge in [0, 0.05) is 28.9 Å². The fraction of sp³-hybridized carbons (Fsp3) is 0.292. The van der Waals surface area contributed by atoms with Crippen LogP contribution in [0.5, 0.6) is 0 Å². The number of halogens is 1. The minimum atomic E-state index is -4.24. The third kappa shape index (κ3) is 4.71. The van der Waals surface area contributed by atoms with Crippen LogP contribution in [0.2, 0.25) is 5.02 Å². The topological polar surface area (TPSA) is 118 Å². The van der Waals surface area contributed by atoms with Crippen LogP contribution in [0, 0.1) is 5.92 Å². The molecule has 1 fully saturated rings. The summed E-state index contributed by atoms with van der Waals surface area (Å²) in [6.07, 6.45) is 2.28. The van der Waals surface area contributed by atoms with Crippen molar-refractivity contribution in [3.63, 3.8) is 0 Å². The second-order valence-corrected chi connectivity index (χ2v) is 11.2. The number of pyridine rings is 2. The van der Waals surface area contributed by atoms with Gasteiger partial charge in [-0.25, -0.2) is 23.1 Å². The fourth-order valence-corrected chi connectivity index (χ4v) is 5.70. The molecule has 0 saturated carbocycles. The highest BCUT2D eigenvalue weighted by Gasteiger charge is 2.39. The molecule has 2 aromatic heterocycles. The molecule has 1 amide bonds. The van der Waals surface area contributed by atoms with Crippen LogP contribution in [0.1, 0.15) is 37.6 Å². The van der Waals surface area contributed by atoms with Gasteiger partial charge >= 0.3 is 0 Å². The standard InChI is InChI=1S/C24H26ClN5O3S/c1-15-13-24(2,3)30(14-15)22-18(9-10-19(28-22)16-6-4-7-17(25)12-16)23(31)29-34(32,33)20-8-5-11-27-21(20)26/h4-12,15H,13-14H2,1-3H3,(H2,26,27)(H,29,31)/t15-/m0/s1. The van der Waals surface area contributed by atoms with E-state index >= 15 is 0 Å². The number of anilines is 2. The number of carbonyl (C=O) groups excluding carboxylic acids is 1. The predicted molar refractivity (Wildman–Crippen MR) is 133 cm³/mol. The van der Waals surface area contributed by atoms with Crippen molar-refractivity contribution in [2.45, 2.75) is 37.6 Å². The third-order valence-corrected chi connectivity index (χ3v) is 7.50. The van der Waals surface area contributed by atoms with E-state index in [1.165, 1.54) is 18.3 Å². The fourth-order valence-electron chi connectivity index (χ4n) is 4.46. The number of rotatable bonds is 5. The first kappa shape index (κ1) is 24.0. The van der Waals surface area contributed by atoms with Gasteiger partial charge in [-0.15, -0.1) is 0 Å². The lowest BCUT2D eigenvalue weighted by Crippen LogP contribution is -2.41. The Bertz CT molecular complexity index is 1360. The molecule has 0 radical (unpaired) electrons. The summed E-state index contributed by atoms with van der Waals surface area (Å²) in [6, 6.07) is 13.3. The molecule has 3 heterocycles. The summed E-state index contributed by atoms with van der Waals surface area (Å²) in [6.45, 7) is 6.98. The number of hydrogen-bond acceptors (Lipinski definition) is 7. The van der Waals surface area contributed by atoms with E-state index < -0.39 is 15.9 Å². The zero-order valence-corrected chi connectivity index (χ0v) is 20.7. The van der Waals surface area contributed by atoms with Crippen LogP contribution < -0.4 is 15.4 Å². The second-order valence-electron chi connectivity index (χ2n) is 9.13. The van der Waals surface area contributed by atoms with Gasteiger partial charge in [-0.2, -0.15) is 0 Å². The van der Waals surface area contributed by atoms with Crippen molar-refractivity contribution in [2.24, 2.45) is 5.92 Å². The van der Waals surface area contributed by atoms with Gasteiger partial charge in [0.1, 0.15) is 16.5 Å². The number of nitrogens with zero attached hydrogens (tertiary/aromatic N) is 3. The van der Waals surface area contributed by atoms with Crippen molar-refractivity contribution in [2.75, 3.05) is 17.2 Å². The molecule has 10 heteroatoms. The highest BCUT2D eigenvalue weighted by molar-refractivity contribution is 7.90. The van der Waals surface area contributed by atoms with Crippen LogP contribution in [0.4, 0.5) is 11.6 Å². The van der Waals surface area contributed by atoms with Gasteiger partial charge in [-0.3, -0.25) is 4.79 Å². The van der Waals surface area contributed by atoms with E-state index in [1.807, 2.05) is 12.1 Å². The minimum absolute atomic E-state index is 0.152. The van der Waals surface area contributed by atoms with Gasteiger partial charge in [0.25, 0.3) is 15.9 Å². The first-order chi connectivity index (χ1) is 16.0. The van der Waals surface area contributed by atoms with Crippen LogP contribution in [-0.2, 0) is 10.0 Å². The van der Waals surface area contributed by atoms with Crippen LogP contribution >= 0.6 is 11.6 Å². The van der Waals surface area contributed by atoms with Crippen molar-refractivity contribution in [3.05, 3.63) is 65.3 Å². The van der Waals surface area contributed by atoms with Gasteiger partial charge in [0.05, 0.1) is 11.3 Å². The predicted octanol–water partition coefficient (Wildman–Crippen LogP) is 4.12. The average molecular weight is 500 g/mol. The maximum atomic E-state index is 13.3. The number of benzene rings is 1. The number of carbonyl (C=O) groups is 1. The summed E-state index contributed by atoms with van der Waals surface area (Å²) >= 11 is 6.17. The number of nitrogens with one attached hydrogen (secondary N) is 1. The van der Waals surface area contributed by atoms with Crippen molar-refractivity contribution < 1.29 is 13.2 Å². The summed E-state index contributed by atoms with van der Waals surface area (Å²) in [5.41, 5.74) is 7.02. The van der Waals surface area contributed by atoms with Gasteiger partial charge < -0.3 is 10.6 Å². The number of sulfonamides is 1. The van der Waals surface area contributed by atoms with Crippen LogP contribution in [0.3, 0.4) is 0 Å². The quantitative estimate of drug-likeness (QED) is 0.542. The molecule has 1 saturated heterocycles. The largest absolute Gasteiger partial charge is 0.383 e. The minimum Gasteiger partial charge on any atom is -0.383 e. The first-order valence-corrected chi connectivity index (χ1v) is 12.7. The highest BCUT2D eigenvalue weighted by atomic mass is 35.5. The summed E-state index contributed by atoms with van der Waals surface area (Å²) in [7, 11) is -4.24. The Morgan fingerprint density at radius 1 is 1.21 bits per heavy atom. The Hall–Kier alpha value is -3.17. The Morgan fingerprint density at radius 2 is 1.97 bits per heavy atom. The van der Waals surface area contributed by atoms with Gasteiger partial charge in [0.2, 0.25) is 0 Å². The van der Waals surface area contributed by atoms with Crippen molar-refractivity contribution >= 4 is 39.2 Å². The molecule has 0 bridgehead atoms. The number of aromatic nitrogens is 2. The van der Waals surface area contributed by atoms with Crippen molar-refractivity contribution in [1.82, 2.24) is 14.7 Å². The van der Waals surface area contributed by atoms with Crippen molar-refractivity contribution in [1.29, 1.82) is 0 Å². The highest BCUT2D eigenvalue weighted by Crippen LogP contribution is 2.38. The summed E-state index contributed by atoms with van der Waals surface area (Å²) in [5, 5.41) is 0.568. The molecule has 8 nitrogen and oxygen atoms in total. The molecular formula is C24H26ClN5O3S. The number of amides is 1. The molecule has 0 spiro atoms. The summed E-state index contributed by atoms with van der Waals surface area (Å²) < 4.78 is 27.9. The lowest BCUT2D eigenvalue weighted by Gasteiger charge is -2.34. The van der Waals surface area contributed by atoms with Crippen LogP contribution in [-0.4, -0.2) is 36.4 Å². The lowest BCUT2D eigenvalue weighted by molar-refractivity contribution is 0.0981. The molecule has 3 N–H and O–H groups in total. The Balaban J connectivity index is 1.79. The number of nitrogen functional groups attached to an aromatic ring is 1. The van der Waals surface area contributed by atoms with Gasteiger partial charge in [-0.1, -0.05) is 30.7 Å². The number of hydrogen-bond donors (Lipinski definition) is 2. The molecule has 1 atom stereocenters. The van der Waals surface area contributed by atoms with Crippen molar-refractivity contribution in [3.8, 4) is 11.3 Å². The maximum absolute atomic E-state index is 13.3. The molecule has 0 unspecified atom stereocenters. The van der Waals surface area contributed by atoms with Crippen LogP contribution in [0.15, 0.2) is 59.6 Å². The first-order valence-electron chi connectivity index (χ1n) is 10.8. The van der Waals surface area contributed by atoms with E-state index in [4.69, 9.17) is 22.3 Å². The molecule has 1 aliphatic heterocycles. The molecule has 0 aliphatic carbocycles. The Morgan fingerprint density at radius 3 is 2.62 bits per heavy atom. The lowest BCUT2D eigenvalue weighted by atomic mass is 9.97. The molecule has 1 aromatic carbocycles. The number of nitrogens with two attached hydrogens (primary N) is 1. The summed E-state index contributed by atoms with van der Waals surface area (Å²) in [5.74, 6) is -0.189. The van der Waals surface area contributed by atoms with E-state index in [-0.39, 0.29) is 21.8 Å². The molecule has 178 valence electrons. The molecule has 34 heavy (non-hydrogen) atoms. The van der Waals surface area contributed by atoms with E-state index in [1.54, 1.807) is 24.3 Å². The molecular weight excluding hydrogens is 474 g/mol. The van der Waals surface area contributed by atoms with E-state index in [9.17, 15) is 13.2 Å². The monoisotopic (exact) mass is 499 g/mol. The molecule has 3 aromatic rings. The van der Waals surface area contributed by atoms with Crippen LogP contribution in [0.25, 0.3) is 11.3 Å². The zero-order valence-electron chi connectivity index (χ0n) is 19.1. The SMILES string of the molecule is C[C@@H]1CN(c2nc(-c3cccc(Cl)c3)ccc2C(=O)NS(=O)(=O)c2cccnc2N)C(C)(C)C1. The maximum Gasteiger partial charge on any atom is 0.268 e. The Kier molecular flexibility index (Phi) is 6.26. The van der Waals surface area contributed by atoms with E-state index in [0.29, 0.717) is 29.0 Å². The van der Waals surface area contributed by atoms with E-state index in [0.717, 1.165) is 12.0 Å². The smallest absolute Gasteiger partial charge is 0.268 e. The molecule has 1 aliphatic rings. The van der Waals surface area contributed by atoms with Gasteiger partial charge in [-0.05, 0) is 62.6 Å². The van der Waals surface area contributed by atoms with E-state index in [2.05, 4.69) is 35.4 Å². The summed E-state index contributed by atoms with van der Waals surface area (Å²) in [4.78, 5) is 23.7. The zero-order chi connectivity index (χ0) is 24.7. The van der Waals surface area contributed by atoms with Gasteiger partial charge in [0.15, 0.2) is 0 Å². The normalized spacial score (nSPS) is 17.5. The Labute approximate surface area is 204 Å².